The summed E-state index contributed by atoms with van der Waals surface area (Å²) in [6.07, 6.45) is 3.47. The van der Waals surface area contributed by atoms with Crippen LogP contribution in [0.1, 0.15) is 0 Å². The number of hydrogen-bond donors (Lipinski definition) is 0. The molecule has 5 nitrogen and oxygen atoms in total. The second-order valence-electron chi connectivity index (χ2n) is 4.29. The first kappa shape index (κ1) is 12.1. The van der Waals surface area contributed by atoms with Gasteiger partial charge in [0.25, 0.3) is 5.69 Å². The highest BCUT2D eigenvalue weighted by Crippen LogP contribution is 2.23. The normalized spacial score (nSPS) is 10.4. The van der Waals surface area contributed by atoms with Crippen molar-refractivity contribution in [2.24, 2.45) is 0 Å². The molecule has 0 spiro atoms. The van der Waals surface area contributed by atoms with Crippen LogP contribution in [0.5, 0.6) is 0 Å². The number of nitro groups is 1. The van der Waals surface area contributed by atoms with E-state index in [4.69, 9.17) is 0 Å². The van der Waals surface area contributed by atoms with Gasteiger partial charge >= 0.3 is 0 Å². The minimum absolute atomic E-state index is 0.0788. The summed E-state index contributed by atoms with van der Waals surface area (Å²) in [5, 5.41) is 10.7. The Morgan fingerprint density at radius 3 is 2.35 bits per heavy atom. The van der Waals surface area contributed by atoms with Crippen LogP contribution in [0.15, 0.2) is 67.1 Å². The van der Waals surface area contributed by atoms with Gasteiger partial charge in [0, 0.05) is 23.4 Å². The third-order valence-corrected chi connectivity index (χ3v) is 3.05. The molecule has 3 rings (SSSR count). The molecule has 0 saturated heterocycles. The summed E-state index contributed by atoms with van der Waals surface area (Å²) in [5.41, 5.74) is 2.91. The number of hydrogen-bond acceptors (Lipinski definition) is 3. The van der Waals surface area contributed by atoms with Gasteiger partial charge < -0.3 is 0 Å². The molecular weight excluding hydrogens is 254 g/mol. The molecular formula is C15H11N3O2. The van der Waals surface area contributed by atoms with Crippen LogP contribution in [-0.2, 0) is 0 Å². The smallest absolute Gasteiger partial charge is 0.269 e. The molecule has 0 N–H and O–H groups in total. The van der Waals surface area contributed by atoms with E-state index in [1.807, 2.05) is 34.9 Å². The second-order valence-corrected chi connectivity index (χ2v) is 4.29. The van der Waals surface area contributed by atoms with E-state index in [0.717, 1.165) is 16.9 Å². The summed E-state index contributed by atoms with van der Waals surface area (Å²) in [7, 11) is 0. The molecule has 0 unspecified atom stereocenters. The Balaban J connectivity index is 2.04. The first-order valence-electron chi connectivity index (χ1n) is 6.08. The van der Waals surface area contributed by atoms with Gasteiger partial charge in [0.15, 0.2) is 0 Å². The van der Waals surface area contributed by atoms with Crippen LogP contribution in [0.25, 0.3) is 16.9 Å². The molecule has 0 aliphatic heterocycles. The van der Waals surface area contributed by atoms with E-state index in [-0.39, 0.29) is 5.69 Å². The summed E-state index contributed by atoms with van der Waals surface area (Å²) in [5.74, 6) is 0. The number of benzene rings is 2. The lowest BCUT2D eigenvalue weighted by molar-refractivity contribution is -0.384. The number of aromatic nitrogens is 2. The molecule has 5 heteroatoms. The van der Waals surface area contributed by atoms with Crippen LogP contribution in [0, 0.1) is 10.1 Å². The highest BCUT2D eigenvalue weighted by Gasteiger charge is 2.09. The molecule has 0 aliphatic carbocycles. The molecule has 20 heavy (non-hydrogen) atoms. The quantitative estimate of drug-likeness (QED) is 0.538. The maximum atomic E-state index is 10.7. The Morgan fingerprint density at radius 1 is 1.00 bits per heavy atom. The minimum atomic E-state index is -0.407. The van der Waals surface area contributed by atoms with Gasteiger partial charge in [-0.3, -0.25) is 14.7 Å². The third kappa shape index (κ3) is 2.16. The Kier molecular flexibility index (Phi) is 3.01. The van der Waals surface area contributed by atoms with E-state index in [1.54, 1.807) is 24.7 Å². The van der Waals surface area contributed by atoms with Crippen LogP contribution in [0.4, 0.5) is 5.69 Å². The predicted molar refractivity (Wildman–Crippen MR) is 75.7 cm³/mol. The van der Waals surface area contributed by atoms with Crippen molar-refractivity contribution >= 4 is 5.69 Å². The topological polar surface area (TPSA) is 61.0 Å². The molecule has 3 aromatic rings. The molecule has 0 saturated carbocycles. The zero-order valence-electron chi connectivity index (χ0n) is 10.5. The van der Waals surface area contributed by atoms with Crippen LogP contribution in [0.3, 0.4) is 0 Å². The van der Waals surface area contributed by atoms with E-state index >= 15 is 0 Å². The summed E-state index contributed by atoms with van der Waals surface area (Å²) >= 11 is 0. The van der Waals surface area contributed by atoms with Gasteiger partial charge in [-0.25, -0.2) is 4.98 Å². The van der Waals surface area contributed by atoms with E-state index in [0.29, 0.717) is 0 Å². The molecule has 0 atom stereocenters. The van der Waals surface area contributed by atoms with Crippen molar-refractivity contribution in [1.82, 2.24) is 9.55 Å². The average molecular weight is 265 g/mol. The maximum Gasteiger partial charge on any atom is 0.269 e. The fourth-order valence-corrected chi connectivity index (χ4v) is 2.06. The summed E-state index contributed by atoms with van der Waals surface area (Å²) in [4.78, 5) is 14.4. The second kappa shape index (κ2) is 4.97. The first-order chi connectivity index (χ1) is 9.75. The Labute approximate surface area is 115 Å². The van der Waals surface area contributed by atoms with Crippen molar-refractivity contribution in [2.75, 3.05) is 0 Å². The van der Waals surface area contributed by atoms with Gasteiger partial charge in [0.05, 0.1) is 23.1 Å². The minimum Gasteiger partial charge on any atom is -0.299 e. The molecule has 0 radical (unpaired) electrons. The third-order valence-electron chi connectivity index (χ3n) is 3.05. The summed E-state index contributed by atoms with van der Waals surface area (Å²) < 4.78 is 1.90. The Hall–Kier alpha value is -2.95. The van der Waals surface area contributed by atoms with Crippen molar-refractivity contribution in [3.05, 3.63) is 77.2 Å². The monoisotopic (exact) mass is 265 g/mol. The molecule has 2 aromatic carbocycles. The van der Waals surface area contributed by atoms with Crippen LogP contribution in [0.2, 0.25) is 0 Å². The van der Waals surface area contributed by atoms with Crippen molar-refractivity contribution in [2.45, 2.75) is 0 Å². The van der Waals surface area contributed by atoms with Gasteiger partial charge in [0.2, 0.25) is 0 Å². The average Bonchev–Trinajstić information content (AvgIpc) is 2.97. The molecule has 1 aromatic heterocycles. The van der Waals surface area contributed by atoms with E-state index in [9.17, 15) is 10.1 Å². The molecule has 98 valence electrons. The van der Waals surface area contributed by atoms with Gasteiger partial charge in [-0.05, 0) is 12.1 Å². The van der Waals surface area contributed by atoms with Crippen LogP contribution >= 0.6 is 0 Å². The van der Waals surface area contributed by atoms with Gasteiger partial charge in [-0.1, -0.05) is 30.3 Å². The first-order valence-corrected chi connectivity index (χ1v) is 6.08. The summed E-state index contributed by atoms with van der Waals surface area (Å²) in [6, 6.07) is 16.3. The lowest BCUT2D eigenvalue weighted by Gasteiger charge is -2.07. The largest absolute Gasteiger partial charge is 0.299 e. The highest BCUT2D eigenvalue weighted by atomic mass is 16.6. The lowest BCUT2D eigenvalue weighted by atomic mass is 10.1. The lowest BCUT2D eigenvalue weighted by Crippen LogP contribution is -1.95. The zero-order chi connectivity index (χ0) is 13.9. The van der Waals surface area contributed by atoms with Crippen molar-refractivity contribution in [1.29, 1.82) is 0 Å². The van der Waals surface area contributed by atoms with Gasteiger partial charge in [-0.2, -0.15) is 0 Å². The maximum absolute atomic E-state index is 10.7. The van der Waals surface area contributed by atoms with Crippen molar-refractivity contribution in [3.63, 3.8) is 0 Å². The number of nitrogens with zero attached hydrogens (tertiary/aromatic N) is 3. The fraction of sp³-hybridized carbons (Fsp3) is 0. The molecule has 1 heterocycles. The highest BCUT2D eigenvalue weighted by molar-refractivity contribution is 5.61. The number of imidazole rings is 1. The van der Waals surface area contributed by atoms with Crippen molar-refractivity contribution in [3.8, 4) is 16.9 Å². The zero-order valence-corrected chi connectivity index (χ0v) is 10.5. The SMILES string of the molecule is O=[N+]([O-])c1ccc(-n2cncc2-c2ccccc2)cc1. The van der Waals surface area contributed by atoms with E-state index in [2.05, 4.69) is 4.98 Å². The fourth-order valence-electron chi connectivity index (χ4n) is 2.06. The standard InChI is InChI=1S/C15H11N3O2/c19-18(20)14-8-6-13(7-9-14)17-11-16-10-15(17)12-4-2-1-3-5-12/h1-11H. The van der Waals surface area contributed by atoms with Crippen LogP contribution < -0.4 is 0 Å². The molecule has 0 aliphatic rings. The Bertz CT molecular complexity index is 733. The van der Waals surface area contributed by atoms with Gasteiger partial charge in [0.1, 0.15) is 0 Å². The molecule has 0 fully saturated rings. The number of non-ortho nitro benzene ring substituents is 1. The van der Waals surface area contributed by atoms with Gasteiger partial charge in [-0.15, -0.1) is 0 Å². The number of rotatable bonds is 3. The van der Waals surface area contributed by atoms with Crippen LogP contribution in [-0.4, -0.2) is 14.5 Å². The molecule has 0 amide bonds. The van der Waals surface area contributed by atoms with Crippen molar-refractivity contribution < 1.29 is 4.92 Å². The van der Waals surface area contributed by atoms with E-state index < -0.39 is 4.92 Å². The summed E-state index contributed by atoms with van der Waals surface area (Å²) in [6.45, 7) is 0. The molecule has 0 bridgehead atoms. The number of nitro benzene ring substituents is 1. The predicted octanol–water partition coefficient (Wildman–Crippen LogP) is 3.45. The van der Waals surface area contributed by atoms with E-state index in [1.165, 1.54) is 12.1 Å². The Morgan fingerprint density at radius 2 is 1.70 bits per heavy atom.